The molecule has 0 N–H and O–H groups in total. The maximum absolute atomic E-state index is 11.9. The highest BCUT2D eigenvalue weighted by molar-refractivity contribution is 9.10. The quantitative estimate of drug-likeness (QED) is 0.728. The standard InChI is InChI=1S/C13H11BrClNO/c1-3-9-5-13(17)16(7-9)12-6-11(15)10(14)4-8(12)2/h1,4,6,9H,5,7H2,2H3. The Labute approximate surface area is 114 Å². The Kier molecular flexibility index (Phi) is 3.46. The number of carbonyl (C=O) groups excluding carboxylic acids is 1. The Balaban J connectivity index is 2.39. The minimum atomic E-state index is 0.00400. The molecule has 1 aliphatic rings. The Hall–Kier alpha value is -0.980. The van der Waals surface area contributed by atoms with Crippen LogP contribution in [0.1, 0.15) is 12.0 Å². The zero-order valence-corrected chi connectivity index (χ0v) is 11.7. The lowest BCUT2D eigenvalue weighted by atomic mass is 10.1. The van der Waals surface area contributed by atoms with Crippen molar-refractivity contribution < 1.29 is 4.79 Å². The summed E-state index contributed by atoms with van der Waals surface area (Å²) >= 11 is 9.42. The number of rotatable bonds is 1. The van der Waals surface area contributed by atoms with Crippen molar-refractivity contribution in [1.29, 1.82) is 0 Å². The van der Waals surface area contributed by atoms with E-state index in [-0.39, 0.29) is 11.8 Å². The summed E-state index contributed by atoms with van der Waals surface area (Å²) in [6.45, 7) is 2.53. The van der Waals surface area contributed by atoms with E-state index in [1.807, 2.05) is 13.0 Å². The molecule has 0 radical (unpaired) electrons. The molecule has 1 aromatic carbocycles. The van der Waals surface area contributed by atoms with Crippen molar-refractivity contribution in [3.05, 3.63) is 27.2 Å². The first kappa shape index (κ1) is 12.5. The lowest BCUT2D eigenvalue weighted by Crippen LogP contribution is -2.25. The first-order chi connectivity index (χ1) is 8.02. The summed E-state index contributed by atoms with van der Waals surface area (Å²) in [5.74, 6) is 2.70. The molecule has 0 bridgehead atoms. The van der Waals surface area contributed by atoms with E-state index in [0.717, 1.165) is 15.7 Å². The van der Waals surface area contributed by atoms with E-state index >= 15 is 0 Å². The van der Waals surface area contributed by atoms with Gasteiger partial charge in [-0.25, -0.2) is 0 Å². The molecule has 88 valence electrons. The van der Waals surface area contributed by atoms with Crippen LogP contribution < -0.4 is 4.90 Å². The van der Waals surface area contributed by atoms with Crippen LogP contribution in [0.3, 0.4) is 0 Å². The summed E-state index contributed by atoms with van der Waals surface area (Å²) in [6.07, 6.45) is 5.79. The average Bonchev–Trinajstić information content (AvgIpc) is 2.65. The van der Waals surface area contributed by atoms with Crippen LogP contribution in [-0.4, -0.2) is 12.5 Å². The van der Waals surface area contributed by atoms with Crippen LogP contribution in [0.5, 0.6) is 0 Å². The third kappa shape index (κ3) is 2.34. The molecule has 0 saturated carbocycles. The second kappa shape index (κ2) is 4.72. The molecular weight excluding hydrogens is 302 g/mol. The van der Waals surface area contributed by atoms with Crippen LogP contribution in [0.25, 0.3) is 0 Å². The molecule has 1 aliphatic heterocycles. The van der Waals surface area contributed by atoms with Gasteiger partial charge in [0, 0.05) is 29.0 Å². The van der Waals surface area contributed by atoms with Gasteiger partial charge in [0.25, 0.3) is 0 Å². The van der Waals surface area contributed by atoms with Crippen LogP contribution in [0.15, 0.2) is 16.6 Å². The minimum absolute atomic E-state index is 0.00400. The largest absolute Gasteiger partial charge is 0.311 e. The number of anilines is 1. The average molecular weight is 313 g/mol. The molecule has 1 fully saturated rings. The molecule has 0 aromatic heterocycles. The molecular formula is C13H11BrClNO. The molecule has 0 aliphatic carbocycles. The second-order valence-corrected chi connectivity index (χ2v) is 5.39. The summed E-state index contributed by atoms with van der Waals surface area (Å²) in [4.78, 5) is 13.6. The SMILES string of the molecule is C#CC1CC(=O)N(c2cc(Cl)c(Br)cc2C)C1. The smallest absolute Gasteiger partial charge is 0.228 e. The Bertz CT molecular complexity index is 521. The Morgan fingerprint density at radius 3 is 2.88 bits per heavy atom. The fourth-order valence-corrected chi connectivity index (χ4v) is 2.59. The lowest BCUT2D eigenvalue weighted by Gasteiger charge is -2.19. The molecule has 17 heavy (non-hydrogen) atoms. The zero-order valence-electron chi connectivity index (χ0n) is 9.34. The third-order valence-corrected chi connectivity index (χ3v) is 4.09. The van der Waals surface area contributed by atoms with E-state index in [9.17, 15) is 4.79 Å². The third-order valence-electron chi connectivity index (χ3n) is 2.89. The van der Waals surface area contributed by atoms with Gasteiger partial charge in [-0.15, -0.1) is 12.3 Å². The summed E-state index contributed by atoms with van der Waals surface area (Å²) < 4.78 is 0.834. The van der Waals surface area contributed by atoms with E-state index in [1.165, 1.54) is 0 Å². The number of halogens is 2. The Morgan fingerprint density at radius 2 is 2.29 bits per heavy atom. The second-order valence-electron chi connectivity index (χ2n) is 4.12. The van der Waals surface area contributed by atoms with E-state index in [4.69, 9.17) is 18.0 Å². The Morgan fingerprint density at radius 1 is 1.59 bits per heavy atom. The van der Waals surface area contributed by atoms with Gasteiger partial charge in [-0.3, -0.25) is 4.79 Å². The van der Waals surface area contributed by atoms with Gasteiger partial charge in [0.1, 0.15) is 0 Å². The van der Waals surface area contributed by atoms with E-state index in [2.05, 4.69) is 21.9 Å². The van der Waals surface area contributed by atoms with Crippen molar-refractivity contribution in [1.82, 2.24) is 0 Å². The first-order valence-electron chi connectivity index (χ1n) is 5.25. The maximum Gasteiger partial charge on any atom is 0.228 e. The van der Waals surface area contributed by atoms with Crippen LogP contribution in [0.2, 0.25) is 5.02 Å². The molecule has 1 heterocycles. The predicted octanol–water partition coefficient (Wildman–Crippen LogP) is 3.40. The number of benzene rings is 1. The maximum atomic E-state index is 11.9. The normalized spacial score (nSPS) is 19.5. The molecule has 1 amide bonds. The number of carbonyl (C=O) groups is 1. The predicted molar refractivity (Wildman–Crippen MR) is 73.2 cm³/mol. The van der Waals surface area contributed by atoms with Gasteiger partial charge in [-0.05, 0) is 40.5 Å². The topological polar surface area (TPSA) is 20.3 Å². The summed E-state index contributed by atoms with van der Waals surface area (Å²) in [6, 6.07) is 3.71. The van der Waals surface area contributed by atoms with Gasteiger partial charge in [0.05, 0.1) is 5.02 Å². The van der Waals surface area contributed by atoms with Crippen molar-refractivity contribution >= 4 is 39.1 Å². The molecule has 1 saturated heterocycles. The molecule has 1 atom stereocenters. The highest BCUT2D eigenvalue weighted by atomic mass is 79.9. The van der Waals surface area contributed by atoms with Crippen LogP contribution in [0, 0.1) is 25.2 Å². The van der Waals surface area contributed by atoms with Crippen LogP contribution in [0.4, 0.5) is 5.69 Å². The molecule has 2 rings (SSSR count). The highest BCUT2D eigenvalue weighted by Gasteiger charge is 2.30. The molecule has 0 spiro atoms. The highest BCUT2D eigenvalue weighted by Crippen LogP contribution is 2.34. The van der Waals surface area contributed by atoms with Gasteiger partial charge >= 0.3 is 0 Å². The van der Waals surface area contributed by atoms with Crippen LogP contribution in [-0.2, 0) is 4.79 Å². The number of amides is 1. The summed E-state index contributed by atoms with van der Waals surface area (Å²) in [5.41, 5.74) is 1.85. The van der Waals surface area contributed by atoms with Gasteiger partial charge in [0.2, 0.25) is 5.91 Å². The molecule has 2 nitrogen and oxygen atoms in total. The number of hydrogen-bond acceptors (Lipinski definition) is 1. The van der Waals surface area contributed by atoms with Crippen molar-refractivity contribution in [2.75, 3.05) is 11.4 Å². The van der Waals surface area contributed by atoms with Crippen molar-refractivity contribution in [3.63, 3.8) is 0 Å². The van der Waals surface area contributed by atoms with Crippen molar-refractivity contribution in [3.8, 4) is 12.3 Å². The fourth-order valence-electron chi connectivity index (χ4n) is 1.98. The van der Waals surface area contributed by atoms with Gasteiger partial charge < -0.3 is 4.90 Å². The number of hydrogen-bond donors (Lipinski definition) is 0. The molecule has 4 heteroatoms. The van der Waals surface area contributed by atoms with E-state index < -0.39 is 0 Å². The number of aryl methyl sites for hydroxylation is 1. The summed E-state index contributed by atoms with van der Waals surface area (Å²) in [5, 5.41) is 0.600. The number of terminal acetylenes is 1. The van der Waals surface area contributed by atoms with Crippen LogP contribution >= 0.6 is 27.5 Å². The van der Waals surface area contributed by atoms with Crippen molar-refractivity contribution in [2.24, 2.45) is 5.92 Å². The first-order valence-corrected chi connectivity index (χ1v) is 6.42. The van der Waals surface area contributed by atoms with E-state index in [1.54, 1.807) is 11.0 Å². The number of nitrogens with zero attached hydrogens (tertiary/aromatic N) is 1. The summed E-state index contributed by atoms with van der Waals surface area (Å²) in [7, 11) is 0. The lowest BCUT2D eigenvalue weighted by molar-refractivity contribution is -0.117. The van der Waals surface area contributed by atoms with Gasteiger partial charge in [0.15, 0.2) is 0 Å². The van der Waals surface area contributed by atoms with Crippen molar-refractivity contribution in [2.45, 2.75) is 13.3 Å². The van der Waals surface area contributed by atoms with E-state index in [0.29, 0.717) is 18.0 Å². The minimum Gasteiger partial charge on any atom is -0.311 e. The molecule has 1 aromatic rings. The zero-order chi connectivity index (χ0) is 12.6. The van der Waals surface area contributed by atoms with Gasteiger partial charge in [-0.1, -0.05) is 11.6 Å². The fraction of sp³-hybridized carbons (Fsp3) is 0.308. The monoisotopic (exact) mass is 311 g/mol. The molecule has 1 unspecified atom stereocenters. The van der Waals surface area contributed by atoms with Gasteiger partial charge in [-0.2, -0.15) is 0 Å².